The van der Waals surface area contributed by atoms with Gasteiger partial charge in [0.25, 0.3) is 0 Å². The standard InChI is InChI=1S/C11H11ClN2O2/c1-6(2)14-9-7(12)4-3-5-8(9)13-10(14)11(15)16/h3-6H,1-2H3,(H,15,16). The number of para-hydroxylation sites is 1. The van der Waals surface area contributed by atoms with Crippen LogP contribution in [0.1, 0.15) is 30.5 Å². The lowest BCUT2D eigenvalue weighted by Crippen LogP contribution is -2.11. The second kappa shape index (κ2) is 3.79. The Hall–Kier alpha value is -1.55. The third-order valence-electron chi connectivity index (χ3n) is 2.37. The third-order valence-corrected chi connectivity index (χ3v) is 2.67. The minimum absolute atomic E-state index is 0.00370. The highest BCUT2D eigenvalue weighted by atomic mass is 35.5. The van der Waals surface area contributed by atoms with Crippen LogP contribution in [0.5, 0.6) is 0 Å². The molecular weight excluding hydrogens is 228 g/mol. The van der Waals surface area contributed by atoms with Gasteiger partial charge in [0.15, 0.2) is 0 Å². The zero-order valence-corrected chi connectivity index (χ0v) is 9.69. The average Bonchev–Trinajstić information content (AvgIpc) is 2.58. The molecule has 16 heavy (non-hydrogen) atoms. The van der Waals surface area contributed by atoms with Crippen LogP contribution in [0.15, 0.2) is 18.2 Å². The van der Waals surface area contributed by atoms with Crippen molar-refractivity contribution in [3.8, 4) is 0 Å². The summed E-state index contributed by atoms with van der Waals surface area (Å²) >= 11 is 6.07. The second-order valence-electron chi connectivity index (χ2n) is 3.81. The van der Waals surface area contributed by atoms with Gasteiger partial charge in [0.05, 0.1) is 16.1 Å². The number of aromatic nitrogens is 2. The Morgan fingerprint density at radius 1 is 1.50 bits per heavy atom. The summed E-state index contributed by atoms with van der Waals surface area (Å²) in [5.74, 6) is -1.01. The molecule has 1 aromatic carbocycles. The van der Waals surface area contributed by atoms with Crippen LogP contribution in [-0.2, 0) is 0 Å². The smallest absolute Gasteiger partial charge is 0.372 e. The van der Waals surface area contributed by atoms with Crippen molar-refractivity contribution in [2.45, 2.75) is 19.9 Å². The van der Waals surface area contributed by atoms with Crippen molar-refractivity contribution in [3.63, 3.8) is 0 Å². The predicted molar refractivity (Wildman–Crippen MR) is 62.1 cm³/mol. The number of halogens is 1. The zero-order chi connectivity index (χ0) is 11.9. The van der Waals surface area contributed by atoms with E-state index < -0.39 is 5.97 Å². The van der Waals surface area contributed by atoms with E-state index in [1.165, 1.54) is 0 Å². The largest absolute Gasteiger partial charge is 0.475 e. The summed E-state index contributed by atoms with van der Waals surface area (Å²) in [6, 6.07) is 5.24. The summed E-state index contributed by atoms with van der Waals surface area (Å²) in [6.07, 6.45) is 0. The van der Waals surface area contributed by atoms with Crippen LogP contribution in [0, 0.1) is 0 Å². The van der Waals surface area contributed by atoms with E-state index in [1.54, 1.807) is 22.8 Å². The molecule has 1 N–H and O–H groups in total. The minimum Gasteiger partial charge on any atom is -0.475 e. The summed E-state index contributed by atoms with van der Waals surface area (Å²) in [5, 5.41) is 9.60. The molecule has 1 heterocycles. The third kappa shape index (κ3) is 1.55. The van der Waals surface area contributed by atoms with Gasteiger partial charge >= 0.3 is 5.97 Å². The van der Waals surface area contributed by atoms with E-state index in [-0.39, 0.29) is 11.9 Å². The van der Waals surface area contributed by atoms with Crippen LogP contribution in [0.2, 0.25) is 5.02 Å². The zero-order valence-electron chi connectivity index (χ0n) is 8.94. The molecule has 0 aliphatic heterocycles. The Labute approximate surface area is 97.5 Å². The first-order chi connectivity index (χ1) is 7.52. The molecule has 2 rings (SSSR count). The van der Waals surface area contributed by atoms with Crippen molar-refractivity contribution in [1.29, 1.82) is 0 Å². The maximum Gasteiger partial charge on any atom is 0.372 e. The van der Waals surface area contributed by atoms with Crippen molar-refractivity contribution in [2.24, 2.45) is 0 Å². The molecule has 4 nitrogen and oxygen atoms in total. The lowest BCUT2D eigenvalue weighted by Gasteiger charge is -2.11. The molecule has 0 spiro atoms. The van der Waals surface area contributed by atoms with Gasteiger partial charge in [0, 0.05) is 6.04 Å². The number of nitrogens with zero attached hydrogens (tertiary/aromatic N) is 2. The van der Waals surface area contributed by atoms with Crippen molar-refractivity contribution >= 4 is 28.6 Å². The summed E-state index contributed by atoms with van der Waals surface area (Å²) in [6.45, 7) is 3.80. The Balaban J connectivity index is 2.88. The fourth-order valence-electron chi connectivity index (χ4n) is 1.76. The molecular formula is C11H11ClN2O2. The van der Waals surface area contributed by atoms with Gasteiger partial charge < -0.3 is 9.67 Å². The number of hydrogen-bond donors (Lipinski definition) is 1. The number of aromatic carboxylic acids is 1. The van der Waals surface area contributed by atoms with E-state index in [2.05, 4.69) is 4.98 Å². The molecule has 0 saturated carbocycles. The monoisotopic (exact) mass is 238 g/mol. The van der Waals surface area contributed by atoms with Crippen LogP contribution in [0.4, 0.5) is 0 Å². The number of carboxylic acid groups (broad SMARTS) is 1. The van der Waals surface area contributed by atoms with E-state index in [1.807, 2.05) is 13.8 Å². The maximum absolute atomic E-state index is 11.1. The summed E-state index contributed by atoms with van der Waals surface area (Å²) in [4.78, 5) is 15.2. The van der Waals surface area contributed by atoms with Gasteiger partial charge in [0.2, 0.25) is 5.82 Å². The van der Waals surface area contributed by atoms with Crippen molar-refractivity contribution in [2.75, 3.05) is 0 Å². The Kier molecular flexibility index (Phi) is 2.59. The fraction of sp³-hybridized carbons (Fsp3) is 0.273. The quantitative estimate of drug-likeness (QED) is 0.875. The highest BCUT2D eigenvalue weighted by molar-refractivity contribution is 6.35. The highest BCUT2D eigenvalue weighted by Crippen LogP contribution is 2.27. The van der Waals surface area contributed by atoms with Crippen LogP contribution in [0.25, 0.3) is 11.0 Å². The van der Waals surface area contributed by atoms with Crippen LogP contribution in [0.3, 0.4) is 0 Å². The molecule has 84 valence electrons. The van der Waals surface area contributed by atoms with Crippen molar-refractivity contribution < 1.29 is 9.90 Å². The SMILES string of the molecule is CC(C)n1c(C(=O)O)nc2cccc(Cl)c21. The maximum atomic E-state index is 11.1. The van der Waals surface area contributed by atoms with Gasteiger partial charge in [-0.25, -0.2) is 9.78 Å². The predicted octanol–water partition coefficient (Wildman–Crippen LogP) is 2.97. The number of carbonyl (C=O) groups is 1. The summed E-state index contributed by atoms with van der Waals surface area (Å²) < 4.78 is 1.64. The van der Waals surface area contributed by atoms with Gasteiger partial charge in [-0.2, -0.15) is 0 Å². The topological polar surface area (TPSA) is 55.1 Å². The lowest BCUT2D eigenvalue weighted by molar-refractivity contribution is 0.0677. The van der Waals surface area contributed by atoms with E-state index >= 15 is 0 Å². The molecule has 0 aliphatic rings. The van der Waals surface area contributed by atoms with Gasteiger partial charge in [-0.15, -0.1) is 0 Å². The Bertz CT molecular complexity index is 560. The molecule has 0 atom stereocenters. The van der Waals surface area contributed by atoms with Crippen LogP contribution in [-0.4, -0.2) is 20.6 Å². The lowest BCUT2D eigenvalue weighted by atomic mass is 10.3. The number of hydrogen-bond acceptors (Lipinski definition) is 2. The fourth-order valence-corrected chi connectivity index (χ4v) is 2.02. The molecule has 0 amide bonds. The van der Waals surface area contributed by atoms with Crippen molar-refractivity contribution in [3.05, 3.63) is 29.0 Å². The van der Waals surface area contributed by atoms with Crippen LogP contribution >= 0.6 is 11.6 Å². The summed E-state index contributed by atoms with van der Waals surface area (Å²) in [7, 11) is 0. The van der Waals surface area contributed by atoms with Gasteiger partial charge in [0.1, 0.15) is 0 Å². The summed E-state index contributed by atoms with van der Waals surface area (Å²) in [5.41, 5.74) is 1.29. The Morgan fingerprint density at radius 3 is 2.75 bits per heavy atom. The van der Waals surface area contributed by atoms with E-state index in [0.717, 1.165) is 0 Å². The molecule has 0 unspecified atom stereocenters. The molecule has 0 saturated heterocycles. The number of rotatable bonds is 2. The van der Waals surface area contributed by atoms with Gasteiger partial charge in [-0.05, 0) is 26.0 Å². The first kappa shape index (κ1) is 11.0. The van der Waals surface area contributed by atoms with E-state index in [9.17, 15) is 4.79 Å². The van der Waals surface area contributed by atoms with Crippen molar-refractivity contribution in [1.82, 2.24) is 9.55 Å². The number of fused-ring (bicyclic) bond motifs is 1. The molecule has 0 aliphatic carbocycles. The molecule has 5 heteroatoms. The molecule has 0 bridgehead atoms. The van der Waals surface area contributed by atoms with E-state index in [0.29, 0.717) is 16.1 Å². The first-order valence-electron chi connectivity index (χ1n) is 4.92. The molecule has 1 aromatic heterocycles. The Morgan fingerprint density at radius 2 is 2.19 bits per heavy atom. The minimum atomic E-state index is -1.04. The number of benzene rings is 1. The normalized spacial score (nSPS) is 11.2. The second-order valence-corrected chi connectivity index (χ2v) is 4.22. The van der Waals surface area contributed by atoms with Gasteiger partial charge in [-0.1, -0.05) is 17.7 Å². The molecule has 0 radical (unpaired) electrons. The molecule has 0 fully saturated rings. The van der Waals surface area contributed by atoms with Crippen LogP contribution < -0.4 is 0 Å². The first-order valence-corrected chi connectivity index (χ1v) is 5.30. The number of imidazole rings is 1. The highest BCUT2D eigenvalue weighted by Gasteiger charge is 2.19. The van der Waals surface area contributed by atoms with Gasteiger partial charge in [-0.3, -0.25) is 0 Å². The average molecular weight is 239 g/mol. The molecule has 2 aromatic rings. The van der Waals surface area contributed by atoms with E-state index in [4.69, 9.17) is 16.7 Å². The number of carboxylic acids is 1.